The Bertz CT molecular complexity index is 1050. The summed E-state index contributed by atoms with van der Waals surface area (Å²) >= 11 is 0. The number of hydrogen-bond acceptors (Lipinski definition) is 6. The minimum atomic E-state index is -1.04. The molecule has 0 saturated heterocycles. The number of carboxylic acids is 2. The molecule has 0 atom stereocenters. The van der Waals surface area contributed by atoms with Crippen molar-refractivity contribution in [3.05, 3.63) is 64.5 Å². The van der Waals surface area contributed by atoms with Crippen molar-refractivity contribution in [2.45, 2.75) is 25.7 Å². The molecule has 2 aliphatic heterocycles. The van der Waals surface area contributed by atoms with Crippen LogP contribution in [0.3, 0.4) is 0 Å². The molecule has 2 heterocycles. The molecule has 4 rings (SSSR count). The lowest BCUT2D eigenvalue weighted by atomic mass is 9.78. The van der Waals surface area contributed by atoms with E-state index in [2.05, 4.69) is 5.32 Å². The van der Waals surface area contributed by atoms with Crippen molar-refractivity contribution in [1.29, 1.82) is 0 Å². The second kappa shape index (κ2) is 8.88. The minimum absolute atomic E-state index is 0.135. The van der Waals surface area contributed by atoms with E-state index in [1.807, 2.05) is 12.2 Å². The van der Waals surface area contributed by atoms with E-state index in [1.54, 1.807) is 28.6 Å². The third kappa shape index (κ3) is 4.11. The Morgan fingerprint density at radius 3 is 2.50 bits per heavy atom. The van der Waals surface area contributed by atoms with E-state index < -0.39 is 17.8 Å². The first-order chi connectivity index (χ1) is 15.4. The van der Waals surface area contributed by atoms with Crippen LogP contribution in [0.1, 0.15) is 41.6 Å². The van der Waals surface area contributed by atoms with Crippen LogP contribution in [0.25, 0.3) is 5.70 Å². The lowest BCUT2D eigenvalue weighted by Gasteiger charge is -2.34. The Hall–Kier alpha value is -3.59. The van der Waals surface area contributed by atoms with E-state index in [0.717, 1.165) is 29.8 Å². The molecule has 1 saturated carbocycles. The maximum atomic E-state index is 12.2. The highest BCUT2D eigenvalue weighted by molar-refractivity contribution is 5.89. The van der Waals surface area contributed by atoms with Gasteiger partial charge in [-0.05, 0) is 67.0 Å². The number of amides is 1. The third-order valence-corrected chi connectivity index (χ3v) is 6.40. The number of carbonyl (C=O) groups excluding carboxylic acids is 1. The first-order valence-corrected chi connectivity index (χ1v) is 10.5. The lowest BCUT2D eigenvalue weighted by Crippen LogP contribution is -2.36. The highest BCUT2D eigenvalue weighted by atomic mass is 16.5. The molecule has 0 radical (unpaired) electrons. The molecule has 5 N–H and O–H groups in total. The van der Waals surface area contributed by atoms with Gasteiger partial charge >= 0.3 is 11.9 Å². The number of fused-ring (bicyclic) bond motifs is 1. The minimum Gasteiger partial charge on any atom is -0.481 e. The summed E-state index contributed by atoms with van der Waals surface area (Å²) in [5.41, 5.74) is 5.89. The van der Waals surface area contributed by atoms with Crippen LogP contribution in [0.4, 0.5) is 0 Å². The highest BCUT2D eigenvalue weighted by Crippen LogP contribution is 2.42. The van der Waals surface area contributed by atoms with Crippen LogP contribution >= 0.6 is 0 Å². The monoisotopic (exact) mass is 439 g/mol. The van der Waals surface area contributed by atoms with E-state index in [0.29, 0.717) is 30.6 Å². The molecule has 1 aromatic rings. The molecule has 1 aromatic carbocycles. The second-order valence-electron chi connectivity index (χ2n) is 8.25. The summed E-state index contributed by atoms with van der Waals surface area (Å²) < 4.78 is 0. The van der Waals surface area contributed by atoms with Gasteiger partial charge in [-0.25, -0.2) is 10.3 Å². The predicted octanol–water partition coefficient (Wildman–Crippen LogP) is 2.18. The third-order valence-electron chi connectivity index (χ3n) is 6.40. The Kier molecular flexibility index (Phi) is 6.00. The van der Waals surface area contributed by atoms with Gasteiger partial charge in [-0.1, -0.05) is 12.1 Å². The number of hydrogen-bond donors (Lipinski definition) is 5. The van der Waals surface area contributed by atoms with Crippen LogP contribution in [0.5, 0.6) is 0 Å². The predicted molar refractivity (Wildman–Crippen MR) is 114 cm³/mol. The van der Waals surface area contributed by atoms with Crippen LogP contribution < -0.4 is 10.8 Å². The molecule has 9 heteroatoms. The highest BCUT2D eigenvalue weighted by Gasteiger charge is 2.36. The van der Waals surface area contributed by atoms with Gasteiger partial charge < -0.3 is 20.4 Å². The first-order valence-electron chi connectivity index (χ1n) is 10.5. The fourth-order valence-corrected chi connectivity index (χ4v) is 4.79. The van der Waals surface area contributed by atoms with Gasteiger partial charge in [0.05, 0.1) is 22.9 Å². The lowest BCUT2D eigenvalue weighted by molar-refractivity contribution is -0.143. The molecular weight excluding hydrogens is 414 g/mol. The first kappa shape index (κ1) is 21.6. The van der Waals surface area contributed by atoms with Crippen LogP contribution in [0.2, 0.25) is 0 Å². The Labute approximate surface area is 184 Å². The van der Waals surface area contributed by atoms with Crippen LogP contribution in [0, 0.1) is 11.8 Å². The smallest absolute Gasteiger partial charge is 0.335 e. The van der Waals surface area contributed by atoms with Gasteiger partial charge in [-0.15, -0.1) is 0 Å². The van der Waals surface area contributed by atoms with Gasteiger partial charge in [0.15, 0.2) is 0 Å². The van der Waals surface area contributed by atoms with E-state index in [4.69, 9.17) is 5.21 Å². The average Bonchev–Trinajstić information content (AvgIpc) is 3.24. The SMILES string of the molecule is O=C(CN1C(c2cccc(C(=O)O)c2)=CC=C2NCC(C3CCC(C(=O)O)CC3)=C21)NO. The molecule has 0 bridgehead atoms. The molecule has 0 aromatic heterocycles. The fourth-order valence-electron chi connectivity index (χ4n) is 4.79. The van der Waals surface area contributed by atoms with Gasteiger partial charge in [-0.3, -0.25) is 14.8 Å². The standard InChI is InChI=1S/C23H25N3O6/c27-20(25-32)12-26-19(15-2-1-3-16(10-15)23(30)31)9-8-18-21(26)17(11-24-18)13-4-6-14(7-5-13)22(28)29/h1-3,8-10,13-14,24,32H,4-7,11-12H2,(H,25,27)(H,28,29)(H,30,31). The van der Waals surface area contributed by atoms with Crippen LogP contribution in [0.15, 0.2) is 53.4 Å². The fraction of sp³-hybridized carbons (Fsp3) is 0.348. The van der Waals surface area contributed by atoms with Crippen molar-refractivity contribution in [2.75, 3.05) is 13.1 Å². The summed E-state index contributed by atoms with van der Waals surface area (Å²) in [6, 6.07) is 6.49. The van der Waals surface area contributed by atoms with Crippen molar-refractivity contribution in [2.24, 2.45) is 11.8 Å². The Balaban J connectivity index is 1.72. The van der Waals surface area contributed by atoms with E-state index in [-0.39, 0.29) is 23.9 Å². The van der Waals surface area contributed by atoms with Crippen molar-refractivity contribution in [1.82, 2.24) is 15.7 Å². The quantitative estimate of drug-likeness (QED) is 0.336. The molecule has 0 unspecified atom stereocenters. The number of nitrogens with one attached hydrogen (secondary N) is 2. The van der Waals surface area contributed by atoms with Crippen molar-refractivity contribution >= 4 is 23.5 Å². The number of benzene rings is 1. The number of aliphatic carboxylic acids is 1. The summed E-state index contributed by atoms with van der Waals surface area (Å²) in [6.45, 7) is 0.444. The number of allylic oxidation sites excluding steroid dienone is 2. The number of carboxylic acid groups (broad SMARTS) is 2. The molecule has 1 aliphatic carbocycles. The van der Waals surface area contributed by atoms with Crippen LogP contribution in [-0.4, -0.2) is 51.3 Å². The van der Waals surface area contributed by atoms with E-state index >= 15 is 0 Å². The molecule has 3 aliphatic rings. The Morgan fingerprint density at radius 1 is 1.09 bits per heavy atom. The maximum Gasteiger partial charge on any atom is 0.335 e. The zero-order valence-electron chi connectivity index (χ0n) is 17.4. The maximum absolute atomic E-state index is 12.2. The summed E-state index contributed by atoms with van der Waals surface area (Å²) in [4.78, 5) is 36.7. The second-order valence-corrected chi connectivity index (χ2v) is 8.25. The van der Waals surface area contributed by atoms with E-state index in [9.17, 15) is 24.6 Å². The number of rotatable bonds is 6. The van der Waals surface area contributed by atoms with Crippen molar-refractivity contribution in [3.63, 3.8) is 0 Å². The molecule has 0 spiro atoms. The molecule has 1 amide bonds. The van der Waals surface area contributed by atoms with Gasteiger partial charge in [0.25, 0.3) is 5.91 Å². The van der Waals surface area contributed by atoms with Crippen molar-refractivity contribution in [3.8, 4) is 0 Å². The van der Waals surface area contributed by atoms with Crippen LogP contribution in [-0.2, 0) is 9.59 Å². The molecule has 168 valence electrons. The van der Waals surface area contributed by atoms with Gasteiger partial charge in [-0.2, -0.15) is 0 Å². The average molecular weight is 439 g/mol. The summed E-state index contributed by atoms with van der Waals surface area (Å²) in [7, 11) is 0. The normalized spacial score (nSPS) is 22.5. The summed E-state index contributed by atoms with van der Waals surface area (Å²) in [6.07, 6.45) is 6.44. The van der Waals surface area contributed by atoms with Gasteiger partial charge in [0.2, 0.25) is 0 Å². The molecule has 32 heavy (non-hydrogen) atoms. The number of carbonyl (C=O) groups is 3. The Morgan fingerprint density at radius 2 is 1.84 bits per heavy atom. The molecule has 9 nitrogen and oxygen atoms in total. The molecular formula is C23H25N3O6. The van der Waals surface area contributed by atoms with Crippen molar-refractivity contribution < 1.29 is 29.8 Å². The number of hydroxylamine groups is 1. The number of nitrogens with zero attached hydrogens (tertiary/aromatic N) is 1. The van der Waals surface area contributed by atoms with Gasteiger partial charge in [0.1, 0.15) is 6.54 Å². The molecule has 1 fully saturated rings. The topological polar surface area (TPSA) is 139 Å². The number of aromatic carboxylic acids is 1. The summed E-state index contributed by atoms with van der Waals surface area (Å²) in [5, 5.41) is 31.2. The van der Waals surface area contributed by atoms with E-state index in [1.165, 1.54) is 6.07 Å². The summed E-state index contributed by atoms with van der Waals surface area (Å²) in [5.74, 6) is -2.54. The van der Waals surface area contributed by atoms with Gasteiger partial charge in [0, 0.05) is 12.2 Å². The zero-order chi connectivity index (χ0) is 22.8. The zero-order valence-corrected chi connectivity index (χ0v) is 17.4. The largest absolute Gasteiger partial charge is 0.481 e.